The summed E-state index contributed by atoms with van der Waals surface area (Å²) in [5.41, 5.74) is 3.13. The summed E-state index contributed by atoms with van der Waals surface area (Å²) in [5, 5.41) is 35.1. The van der Waals surface area contributed by atoms with Crippen molar-refractivity contribution in [2.24, 2.45) is 22.7 Å². The van der Waals surface area contributed by atoms with E-state index in [0.717, 1.165) is 27.8 Å². The Morgan fingerprint density at radius 3 is 2.63 bits per heavy atom. The Morgan fingerprint density at radius 2 is 1.97 bits per heavy atom. The zero-order chi connectivity index (χ0) is 27.4. The molecule has 3 aliphatic carbocycles. The Labute approximate surface area is 223 Å². The summed E-state index contributed by atoms with van der Waals surface area (Å²) < 4.78 is 17.7. The third-order valence-corrected chi connectivity index (χ3v) is 11.1. The average molecular weight is 523 g/mol. The molecule has 3 N–H and O–H groups in total. The molecule has 7 heteroatoms. The van der Waals surface area contributed by atoms with Crippen molar-refractivity contribution < 1.29 is 34.0 Å². The fraction of sp³-hybridized carbons (Fsp3) is 0.581. The highest BCUT2D eigenvalue weighted by atomic mass is 16.6. The molecule has 6 rings (SSSR count). The Hall–Kier alpha value is -2.61. The maximum absolute atomic E-state index is 12.8. The lowest BCUT2D eigenvalue weighted by atomic mass is 9.41. The minimum atomic E-state index is -0.855. The normalized spacial score (nSPS) is 41.4. The molecule has 0 bridgehead atoms. The lowest BCUT2D eigenvalue weighted by molar-refractivity contribution is -0.235. The number of carbonyl (C=O) groups is 1. The number of aliphatic hydroxyl groups excluding tert-OH is 2. The van der Waals surface area contributed by atoms with Crippen molar-refractivity contribution in [2.45, 2.75) is 84.2 Å². The number of esters is 1. The molecule has 2 saturated carbocycles. The van der Waals surface area contributed by atoms with Gasteiger partial charge < -0.3 is 29.2 Å². The number of aromatic hydroxyl groups is 1. The van der Waals surface area contributed by atoms with Crippen LogP contribution in [0.2, 0.25) is 0 Å². The van der Waals surface area contributed by atoms with Crippen molar-refractivity contribution in [3.05, 3.63) is 53.0 Å². The monoisotopic (exact) mass is 522 g/mol. The molecule has 4 aliphatic rings. The van der Waals surface area contributed by atoms with Crippen molar-refractivity contribution in [2.75, 3.05) is 6.61 Å². The van der Waals surface area contributed by atoms with Crippen LogP contribution in [0.25, 0.3) is 11.1 Å². The summed E-state index contributed by atoms with van der Waals surface area (Å²) in [7, 11) is 0. The number of hydrogen-bond donors (Lipinski definition) is 3. The second kappa shape index (κ2) is 8.20. The van der Waals surface area contributed by atoms with Gasteiger partial charge in [-0.1, -0.05) is 26.8 Å². The molecule has 204 valence electrons. The minimum absolute atomic E-state index is 0.107. The Morgan fingerprint density at radius 1 is 1.24 bits per heavy atom. The van der Waals surface area contributed by atoms with Crippen LogP contribution in [0.15, 0.2) is 40.7 Å². The molecule has 0 spiro atoms. The summed E-state index contributed by atoms with van der Waals surface area (Å²) >= 11 is 0. The van der Waals surface area contributed by atoms with Crippen LogP contribution in [0.1, 0.15) is 57.7 Å². The van der Waals surface area contributed by atoms with Crippen LogP contribution in [-0.4, -0.2) is 52.3 Å². The number of furan rings is 1. The zero-order valence-corrected chi connectivity index (χ0v) is 22.9. The first kappa shape index (κ1) is 25.7. The van der Waals surface area contributed by atoms with Gasteiger partial charge in [-0.2, -0.15) is 0 Å². The number of phenolic OH excluding ortho intramolecular Hbond substituents is 1. The molecule has 3 fully saturated rings. The highest BCUT2D eigenvalue weighted by molar-refractivity contribution is 5.87. The van der Waals surface area contributed by atoms with Crippen LogP contribution >= 0.6 is 0 Å². The Kier molecular flexibility index (Phi) is 5.53. The molecule has 2 aromatic rings. The molecule has 0 radical (unpaired) electrons. The second-order valence-electron chi connectivity index (χ2n) is 12.7. The van der Waals surface area contributed by atoms with E-state index < -0.39 is 40.7 Å². The van der Waals surface area contributed by atoms with Gasteiger partial charge in [-0.25, -0.2) is 4.79 Å². The number of rotatable bonds is 3. The summed E-state index contributed by atoms with van der Waals surface area (Å²) in [5.74, 6) is -0.557. The van der Waals surface area contributed by atoms with Gasteiger partial charge >= 0.3 is 5.97 Å². The van der Waals surface area contributed by atoms with E-state index >= 15 is 0 Å². The maximum Gasteiger partial charge on any atom is 0.333 e. The molecule has 7 nitrogen and oxygen atoms in total. The molecule has 2 heterocycles. The fourth-order valence-electron chi connectivity index (χ4n) is 8.91. The van der Waals surface area contributed by atoms with E-state index in [1.165, 1.54) is 0 Å². The predicted octanol–water partition coefficient (Wildman–Crippen LogP) is 4.44. The number of fused-ring (bicyclic) bond motifs is 4. The van der Waals surface area contributed by atoms with Crippen LogP contribution in [0.5, 0.6) is 5.75 Å². The van der Waals surface area contributed by atoms with E-state index in [2.05, 4.69) is 20.8 Å². The molecule has 1 aromatic carbocycles. The first-order valence-corrected chi connectivity index (χ1v) is 13.6. The van der Waals surface area contributed by atoms with Gasteiger partial charge in [-0.15, -0.1) is 0 Å². The van der Waals surface area contributed by atoms with Gasteiger partial charge in [0.1, 0.15) is 11.9 Å². The number of ether oxygens (including phenoxy) is 2. The number of hydrogen-bond acceptors (Lipinski definition) is 7. The number of allylic oxidation sites excluding steroid dienone is 1. The highest BCUT2D eigenvalue weighted by Crippen LogP contribution is 2.71. The van der Waals surface area contributed by atoms with E-state index in [0.29, 0.717) is 25.0 Å². The summed E-state index contributed by atoms with van der Waals surface area (Å²) in [6.07, 6.45) is 3.23. The van der Waals surface area contributed by atoms with Crippen molar-refractivity contribution in [1.82, 2.24) is 0 Å². The largest absolute Gasteiger partial charge is 0.507 e. The maximum atomic E-state index is 12.8. The van der Waals surface area contributed by atoms with Crippen LogP contribution in [0.3, 0.4) is 0 Å². The molecule has 0 amide bonds. The zero-order valence-electron chi connectivity index (χ0n) is 22.9. The van der Waals surface area contributed by atoms with Crippen LogP contribution in [0, 0.1) is 29.6 Å². The lowest BCUT2D eigenvalue weighted by Gasteiger charge is -2.64. The van der Waals surface area contributed by atoms with E-state index in [1.807, 2.05) is 13.0 Å². The summed E-state index contributed by atoms with van der Waals surface area (Å²) in [4.78, 5) is 12.8. The van der Waals surface area contributed by atoms with Crippen molar-refractivity contribution >= 4 is 5.97 Å². The minimum Gasteiger partial charge on any atom is -0.507 e. The number of aliphatic hydroxyl groups is 2. The SMILES string of the molecule is CC=C(C)C(=O)OC1CC(O)C2(C)C3C(OCC13C)C(O)C1(C)c3cc(O)c(-c4ccoc4)c(C)c3CC12. The third kappa shape index (κ3) is 2.98. The first-order chi connectivity index (χ1) is 17.9. The van der Waals surface area contributed by atoms with Gasteiger partial charge in [-0.05, 0) is 61.9 Å². The molecule has 1 aliphatic heterocycles. The predicted molar refractivity (Wildman–Crippen MR) is 140 cm³/mol. The van der Waals surface area contributed by atoms with E-state index in [1.54, 1.807) is 38.5 Å². The molecule has 9 atom stereocenters. The van der Waals surface area contributed by atoms with Gasteiger partial charge in [0.25, 0.3) is 0 Å². The molecule has 1 aromatic heterocycles. The molecule has 38 heavy (non-hydrogen) atoms. The third-order valence-electron chi connectivity index (χ3n) is 11.1. The van der Waals surface area contributed by atoms with Crippen molar-refractivity contribution in [3.8, 4) is 16.9 Å². The second-order valence-corrected chi connectivity index (χ2v) is 12.7. The van der Waals surface area contributed by atoms with Crippen LogP contribution < -0.4 is 0 Å². The van der Waals surface area contributed by atoms with Crippen molar-refractivity contribution in [3.63, 3.8) is 0 Å². The van der Waals surface area contributed by atoms with Gasteiger partial charge in [0.2, 0.25) is 0 Å². The number of carbonyl (C=O) groups excluding carboxylic acids is 1. The summed E-state index contributed by atoms with van der Waals surface area (Å²) in [6, 6.07) is 3.63. The smallest absolute Gasteiger partial charge is 0.333 e. The van der Waals surface area contributed by atoms with E-state index in [-0.39, 0.29) is 23.6 Å². The molecular formula is C31H38O7. The van der Waals surface area contributed by atoms with Gasteiger partial charge in [0.15, 0.2) is 0 Å². The molecule has 1 saturated heterocycles. The van der Waals surface area contributed by atoms with Crippen molar-refractivity contribution in [1.29, 1.82) is 0 Å². The molecular weight excluding hydrogens is 484 g/mol. The quantitative estimate of drug-likeness (QED) is 0.404. The highest BCUT2D eigenvalue weighted by Gasteiger charge is 2.75. The van der Waals surface area contributed by atoms with Crippen LogP contribution in [0.4, 0.5) is 0 Å². The number of benzene rings is 1. The summed E-state index contributed by atoms with van der Waals surface area (Å²) in [6.45, 7) is 12.1. The molecule has 9 unspecified atom stereocenters. The van der Waals surface area contributed by atoms with Gasteiger partial charge in [0, 0.05) is 45.3 Å². The standard InChI is InChI=1S/C31H38O7/c1-7-15(2)28(35)38-23-12-22(33)31(6)21-10-18-16(3)24(17-8-9-36-13-17)20(32)11-19(18)30(21,5)27(34)25-26(31)29(23,4)14-37-25/h7-9,11,13,21-23,25-27,32-34H,10,12,14H2,1-6H3. The topological polar surface area (TPSA) is 109 Å². The first-order valence-electron chi connectivity index (χ1n) is 13.6. The van der Waals surface area contributed by atoms with Gasteiger partial charge in [0.05, 0.1) is 37.4 Å². The lowest BCUT2D eigenvalue weighted by Crippen LogP contribution is -2.71. The Bertz CT molecular complexity index is 1330. The Balaban J connectivity index is 1.47. The van der Waals surface area contributed by atoms with Crippen LogP contribution in [-0.2, 0) is 26.1 Å². The van der Waals surface area contributed by atoms with E-state index in [4.69, 9.17) is 13.9 Å². The van der Waals surface area contributed by atoms with Gasteiger partial charge in [-0.3, -0.25) is 0 Å². The number of phenols is 1. The fourth-order valence-corrected chi connectivity index (χ4v) is 8.91. The average Bonchev–Trinajstić information content (AvgIpc) is 3.60. The van der Waals surface area contributed by atoms with E-state index in [9.17, 15) is 20.1 Å².